The maximum absolute atomic E-state index is 13.7. The van der Waals surface area contributed by atoms with Crippen LogP contribution in [-0.2, 0) is 32.3 Å². The van der Waals surface area contributed by atoms with Gasteiger partial charge in [-0.25, -0.2) is 27.2 Å². The number of rotatable bonds is 6. The highest BCUT2D eigenvalue weighted by atomic mass is 32.2. The molecule has 3 aromatic heterocycles. The molecule has 2 unspecified atom stereocenters. The first-order valence-electron chi connectivity index (χ1n) is 12.1. The molecule has 0 aliphatic carbocycles. The van der Waals surface area contributed by atoms with Crippen molar-refractivity contribution in [2.75, 3.05) is 19.3 Å². The number of thiazole rings is 1. The summed E-state index contributed by atoms with van der Waals surface area (Å²) in [6.07, 6.45) is 5.43. The Kier molecular flexibility index (Phi) is 7.03. The van der Waals surface area contributed by atoms with E-state index in [0.717, 1.165) is 28.1 Å². The van der Waals surface area contributed by atoms with Gasteiger partial charge >= 0.3 is 5.56 Å². The smallest absolute Gasteiger partial charge is 0.302 e. The number of imidazole rings is 1. The van der Waals surface area contributed by atoms with Crippen LogP contribution in [0.1, 0.15) is 24.3 Å². The van der Waals surface area contributed by atoms with Gasteiger partial charge in [-0.3, -0.25) is 9.59 Å². The van der Waals surface area contributed by atoms with Crippen molar-refractivity contribution in [3.63, 3.8) is 0 Å². The molecule has 0 saturated carbocycles. The predicted molar refractivity (Wildman–Crippen MR) is 141 cm³/mol. The maximum Gasteiger partial charge on any atom is 0.302 e. The number of sulfone groups is 1. The van der Waals surface area contributed by atoms with E-state index in [1.165, 1.54) is 29.1 Å². The third kappa shape index (κ3) is 5.44. The molecule has 11 nitrogen and oxygen atoms in total. The molecule has 4 aromatic rings. The number of amides is 1. The van der Waals surface area contributed by atoms with Crippen LogP contribution >= 0.6 is 11.3 Å². The van der Waals surface area contributed by atoms with Crippen molar-refractivity contribution in [3.05, 3.63) is 63.4 Å². The van der Waals surface area contributed by atoms with Gasteiger partial charge in [0.25, 0.3) is 0 Å². The Balaban J connectivity index is 1.46. The van der Waals surface area contributed by atoms with Crippen molar-refractivity contribution < 1.29 is 27.4 Å². The van der Waals surface area contributed by atoms with Gasteiger partial charge in [0.1, 0.15) is 17.4 Å². The number of nitrogens with zero attached hydrogens (tertiary/aromatic N) is 5. The van der Waals surface area contributed by atoms with Gasteiger partial charge in [0.05, 0.1) is 17.1 Å². The summed E-state index contributed by atoms with van der Waals surface area (Å²) < 4.78 is 46.4. The number of carbonyl (C=O) groups excluding carboxylic acids is 1. The van der Waals surface area contributed by atoms with E-state index < -0.39 is 27.0 Å². The van der Waals surface area contributed by atoms with E-state index in [9.17, 15) is 27.5 Å². The fraction of sp³-hybridized carbons (Fsp3) is 0.360. The van der Waals surface area contributed by atoms with Gasteiger partial charge in [0, 0.05) is 49.2 Å². The molecule has 1 aromatic carbocycles. The van der Waals surface area contributed by atoms with E-state index in [-0.39, 0.29) is 52.5 Å². The van der Waals surface area contributed by atoms with E-state index in [2.05, 4.69) is 9.97 Å². The van der Waals surface area contributed by atoms with Crippen LogP contribution in [-0.4, -0.2) is 74.8 Å². The molecule has 1 amide bonds. The van der Waals surface area contributed by atoms with Crippen LogP contribution in [0, 0.1) is 5.82 Å². The standard InChI is InChI=1S/C25H26FN5O6S2/c1-14-11-30(12-15(2)37-14)20(32)13-29-6-7-31-24(34)22(33)21(28-25(29)31)23-27-10-18(38-23)8-16-4-5-17(26)9-19(16)39(3,35)36/h4-7,9-10,14-15,33H,8,11-13H2,1-3H3. The minimum Gasteiger partial charge on any atom is -0.501 e. The van der Waals surface area contributed by atoms with Crippen molar-refractivity contribution >= 4 is 32.9 Å². The Labute approximate surface area is 227 Å². The van der Waals surface area contributed by atoms with Crippen LogP contribution in [0.3, 0.4) is 0 Å². The van der Waals surface area contributed by atoms with Crippen molar-refractivity contribution in [3.8, 4) is 16.5 Å². The van der Waals surface area contributed by atoms with Gasteiger partial charge in [0.2, 0.25) is 17.4 Å². The summed E-state index contributed by atoms with van der Waals surface area (Å²) in [7, 11) is -3.67. The van der Waals surface area contributed by atoms with Crippen LogP contribution < -0.4 is 5.56 Å². The Morgan fingerprint density at radius 2 is 1.95 bits per heavy atom. The lowest BCUT2D eigenvalue weighted by Crippen LogP contribution is -2.49. The van der Waals surface area contributed by atoms with Gasteiger partial charge in [-0.05, 0) is 31.5 Å². The topological polar surface area (TPSA) is 136 Å². The minimum absolute atomic E-state index is 0.0558. The first kappa shape index (κ1) is 27.0. The fourth-order valence-electron chi connectivity index (χ4n) is 4.67. The summed E-state index contributed by atoms with van der Waals surface area (Å²) >= 11 is 1.11. The molecule has 1 aliphatic heterocycles. The van der Waals surface area contributed by atoms with Gasteiger partial charge in [-0.1, -0.05) is 6.07 Å². The molecular weight excluding hydrogens is 549 g/mol. The zero-order chi connectivity index (χ0) is 28.1. The van der Waals surface area contributed by atoms with Crippen LogP contribution in [0.2, 0.25) is 0 Å². The quantitative estimate of drug-likeness (QED) is 0.369. The Bertz CT molecular complexity index is 1740. The van der Waals surface area contributed by atoms with Crippen molar-refractivity contribution in [1.29, 1.82) is 0 Å². The average Bonchev–Trinajstić information content (AvgIpc) is 3.48. The fourth-order valence-corrected chi connectivity index (χ4v) is 6.54. The number of benzene rings is 1. The third-order valence-electron chi connectivity index (χ3n) is 6.35. The number of aromatic hydroxyl groups is 1. The number of morpholine rings is 1. The average molecular weight is 576 g/mol. The molecule has 0 bridgehead atoms. The second kappa shape index (κ2) is 10.2. The van der Waals surface area contributed by atoms with E-state index in [4.69, 9.17) is 4.74 Å². The zero-order valence-corrected chi connectivity index (χ0v) is 23.0. The lowest BCUT2D eigenvalue weighted by molar-refractivity contribution is -0.143. The number of fused-ring (bicyclic) bond motifs is 1. The third-order valence-corrected chi connectivity index (χ3v) is 8.54. The number of aromatic nitrogens is 4. The second-order valence-corrected chi connectivity index (χ2v) is 12.7. The summed E-state index contributed by atoms with van der Waals surface area (Å²) in [5.74, 6) is -1.26. The molecule has 5 rings (SSSR count). The molecule has 0 spiro atoms. The number of carbonyl (C=O) groups is 1. The minimum atomic E-state index is -3.67. The van der Waals surface area contributed by atoms with Gasteiger partial charge < -0.3 is 19.3 Å². The second-order valence-electron chi connectivity index (χ2n) is 9.60. The number of hydrogen-bond acceptors (Lipinski definition) is 9. The van der Waals surface area contributed by atoms with Crippen LogP contribution in [0.4, 0.5) is 4.39 Å². The lowest BCUT2D eigenvalue weighted by atomic mass is 10.1. The summed E-state index contributed by atoms with van der Waals surface area (Å²) in [4.78, 5) is 36.9. The number of halogens is 1. The monoisotopic (exact) mass is 575 g/mol. The largest absolute Gasteiger partial charge is 0.501 e. The van der Waals surface area contributed by atoms with Crippen LogP contribution in [0.15, 0.2) is 46.5 Å². The van der Waals surface area contributed by atoms with Gasteiger partial charge in [-0.15, -0.1) is 11.3 Å². The summed E-state index contributed by atoms with van der Waals surface area (Å²) in [5.41, 5.74) is -0.384. The predicted octanol–water partition coefficient (Wildman–Crippen LogP) is 2.09. The van der Waals surface area contributed by atoms with Crippen LogP contribution in [0.25, 0.3) is 16.5 Å². The molecule has 1 aliphatic rings. The molecular formula is C25H26FN5O6S2. The molecule has 14 heteroatoms. The molecule has 39 heavy (non-hydrogen) atoms. The Hall–Kier alpha value is -3.62. The van der Waals surface area contributed by atoms with Crippen molar-refractivity contribution in [2.24, 2.45) is 0 Å². The highest BCUT2D eigenvalue weighted by Crippen LogP contribution is 2.31. The SMILES string of the molecule is CC1CN(C(=O)Cn2ccn3c(=O)c(O)c(-c4ncc(Cc5ccc(F)cc5S(C)(=O)=O)s4)nc23)CC(C)O1. The van der Waals surface area contributed by atoms with Crippen molar-refractivity contribution in [1.82, 2.24) is 23.8 Å². The molecule has 206 valence electrons. The normalized spacial score (nSPS) is 18.1. The molecule has 1 saturated heterocycles. The highest BCUT2D eigenvalue weighted by molar-refractivity contribution is 7.90. The molecule has 1 N–H and O–H groups in total. The number of hydrogen-bond donors (Lipinski definition) is 1. The highest BCUT2D eigenvalue weighted by Gasteiger charge is 2.27. The molecule has 4 heterocycles. The van der Waals surface area contributed by atoms with Crippen LogP contribution in [0.5, 0.6) is 5.75 Å². The van der Waals surface area contributed by atoms with Gasteiger partial charge in [0.15, 0.2) is 15.5 Å². The van der Waals surface area contributed by atoms with Crippen molar-refractivity contribution in [2.45, 2.75) is 43.9 Å². The van der Waals surface area contributed by atoms with Gasteiger partial charge in [-0.2, -0.15) is 0 Å². The van der Waals surface area contributed by atoms with E-state index in [1.807, 2.05) is 13.8 Å². The first-order chi connectivity index (χ1) is 18.4. The number of ether oxygens (including phenoxy) is 1. The lowest BCUT2D eigenvalue weighted by Gasteiger charge is -2.35. The molecule has 2 atom stereocenters. The maximum atomic E-state index is 13.7. The molecule has 0 radical (unpaired) electrons. The van der Waals surface area contributed by atoms with E-state index >= 15 is 0 Å². The van der Waals surface area contributed by atoms with E-state index in [1.54, 1.807) is 11.1 Å². The summed E-state index contributed by atoms with van der Waals surface area (Å²) in [6.45, 7) is 4.65. The Morgan fingerprint density at radius 3 is 2.64 bits per heavy atom. The summed E-state index contributed by atoms with van der Waals surface area (Å²) in [6, 6.07) is 3.56. The molecule has 1 fully saturated rings. The van der Waals surface area contributed by atoms with E-state index in [0.29, 0.717) is 23.5 Å². The zero-order valence-electron chi connectivity index (χ0n) is 21.4. The first-order valence-corrected chi connectivity index (χ1v) is 14.8. The Morgan fingerprint density at radius 1 is 1.23 bits per heavy atom. The summed E-state index contributed by atoms with van der Waals surface area (Å²) in [5, 5.41) is 10.9.